The molecule has 0 amide bonds. The average molecular weight is 468 g/mol. The molecular formula is C23H22ClN5O4. The van der Waals surface area contributed by atoms with Crippen molar-refractivity contribution in [2.75, 3.05) is 5.01 Å². The second-order valence-electron chi connectivity index (χ2n) is 7.11. The van der Waals surface area contributed by atoms with Crippen LogP contribution in [0.2, 0.25) is 5.02 Å². The van der Waals surface area contributed by atoms with Gasteiger partial charge in [-0.1, -0.05) is 24.6 Å². The predicted octanol–water partition coefficient (Wildman–Crippen LogP) is 4.86. The predicted molar refractivity (Wildman–Crippen MR) is 125 cm³/mol. The largest absolute Gasteiger partial charge is 0.480 e. The van der Waals surface area contributed by atoms with Crippen LogP contribution in [0.4, 0.5) is 5.69 Å². The number of hydrogen-bond donors (Lipinski definition) is 2. The number of carbonyl (C=O) groups is 1. The van der Waals surface area contributed by atoms with E-state index in [2.05, 4.69) is 5.10 Å². The van der Waals surface area contributed by atoms with E-state index in [1.165, 1.54) is 16.5 Å². The lowest BCUT2D eigenvalue weighted by molar-refractivity contribution is -0.152. The van der Waals surface area contributed by atoms with Gasteiger partial charge in [-0.15, -0.1) is 5.10 Å². The standard InChI is InChI=1S/C23H22ClN5O4/c1-2-22(23(30)31)28-26-15-27(29(28)25)17-4-3-5-21(14-17)33-20-12-10-19(11-13-20)32-18-8-6-16(24)7-9-18/h3-15,22H,2,25H2,1H3,(H,30,31). The number of rotatable bonds is 8. The minimum Gasteiger partial charge on any atom is -0.480 e. The van der Waals surface area contributed by atoms with Gasteiger partial charge in [0.25, 0.3) is 0 Å². The fraction of sp³-hybridized carbons (Fsp3) is 0.130. The Bertz CT molecular complexity index is 1140. The number of carboxylic acids is 1. The van der Waals surface area contributed by atoms with Crippen LogP contribution >= 0.6 is 11.6 Å². The van der Waals surface area contributed by atoms with Crippen molar-refractivity contribution in [2.24, 2.45) is 10.9 Å². The van der Waals surface area contributed by atoms with Crippen LogP contribution in [0.25, 0.3) is 0 Å². The Morgan fingerprint density at radius 3 is 2.15 bits per heavy atom. The van der Waals surface area contributed by atoms with Gasteiger partial charge < -0.3 is 14.6 Å². The van der Waals surface area contributed by atoms with E-state index in [1.807, 2.05) is 12.1 Å². The smallest absolute Gasteiger partial charge is 0.329 e. The second-order valence-corrected chi connectivity index (χ2v) is 7.54. The van der Waals surface area contributed by atoms with Crippen LogP contribution in [0.1, 0.15) is 13.3 Å². The van der Waals surface area contributed by atoms with Crippen LogP contribution in [0.3, 0.4) is 0 Å². The summed E-state index contributed by atoms with van der Waals surface area (Å²) in [6.45, 7) is 1.76. The third-order valence-electron chi connectivity index (χ3n) is 4.85. The summed E-state index contributed by atoms with van der Waals surface area (Å²) in [7, 11) is 0. The Labute approximate surface area is 195 Å². The summed E-state index contributed by atoms with van der Waals surface area (Å²) in [4.78, 5) is 11.5. The molecule has 33 heavy (non-hydrogen) atoms. The number of hydrazine groups is 3. The van der Waals surface area contributed by atoms with Crippen molar-refractivity contribution in [2.45, 2.75) is 19.4 Å². The number of carboxylic acid groups (broad SMARTS) is 1. The number of nitrogens with zero attached hydrogens (tertiary/aromatic N) is 4. The summed E-state index contributed by atoms with van der Waals surface area (Å²) in [6, 6.07) is 20.6. The molecule has 3 N–H and O–H groups in total. The highest BCUT2D eigenvalue weighted by Gasteiger charge is 2.33. The van der Waals surface area contributed by atoms with E-state index in [0.29, 0.717) is 40.1 Å². The molecule has 0 saturated heterocycles. The second kappa shape index (κ2) is 9.78. The monoisotopic (exact) mass is 467 g/mol. The minimum absolute atomic E-state index is 0.342. The molecule has 0 bridgehead atoms. The molecule has 0 aromatic heterocycles. The van der Waals surface area contributed by atoms with Crippen LogP contribution in [0, 0.1) is 0 Å². The lowest BCUT2D eigenvalue weighted by Crippen LogP contribution is -2.55. The molecule has 0 radical (unpaired) electrons. The summed E-state index contributed by atoms with van der Waals surface area (Å²) in [5.74, 6) is 7.62. The van der Waals surface area contributed by atoms with Crippen LogP contribution in [0.15, 0.2) is 77.9 Å². The lowest BCUT2D eigenvalue weighted by atomic mass is 10.2. The maximum Gasteiger partial charge on any atom is 0.329 e. The Hall–Kier alpha value is -3.79. The molecule has 0 saturated carbocycles. The first-order valence-electron chi connectivity index (χ1n) is 10.2. The molecule has 1 atom stereocenters. The molecule has 0 fully saturated rings. The molecule has 1 unspecified atom stereocenters. The minimum atomic E-state index is -1.01. The first-order chi connectivity index (χ1) is 15.9. The quantitative estimate of drug-likeness (QED) is 0.453. The zero-order chi connectivity index (χ0) is 23.4. The summed E-state index contributed by atoms with van der Waals surface area (Å²) in [5, 5.41) is 18.0. The molecule has 1 aliphatic heterocycles. The van der Waals surface area contributed by atoms with E-state index in [-0.39, 0.29) is 0 Å². The number of benzene rings is 3. The number of hydrazone groups is 1. The third kappa shape index (κ3) is 5.17. The number of anilines is 1. The normalized spacial score (nSPS) is 14.4. The van der Waals surface area contributed by atoms with Gasteiger partial charge in [0.1, 0.15) is 29.3 Å². The Kier molecular flexibility index (Phi) is 6.64. The fourth-order valence-electron chi connectivity index (χ4n) is 3.19. The van der Waals surface area contributed by atoms with E-state index in [0.717, 1.165) is 5.23 Å². The van der Waals surface area contributed by atoms with Gasteiger partial charge in [-0.05, 0) is 72.3 Å². The van der Waals surface area contributed by atoms with Crippen molar-refractivity contribution in [3.05, 3.63) is 77.8 Å². The van der Waals surface area contributed by atoms with Crippen molar-refractivity contribution < 1.29 is 19.4 Å². The Balaban J connectivity index is 1.43. The maximum atomic E-state index is 11.5. The molecule has 1 heterocycles. The van der Waals surface area contributed by atoms with E-state index >= 15 is 0 Å². The molecule has 3 aromatic carbocycles. The summed E-state index contributed by atoms with van der Waals surface area (Å²) in [6.07, 6.45) is 1.79. The SMILES string of the molecule is CCC(C(=O)O)N1N=CN(c2cccc(Oc3ccc(Oc4ccc(Cl)cc4)cc3)c2)N1N. The highest BCUT2D eigenvalue weighted by atomic mass is 35.5. The Morgan fingerprint density at radius 2 is 1.58 bits per heavy atom. The third-order valence-corrected chi connectivity index (χ3v) is 5.10. The molecular weight excluding hydrogens is 446 g/mol. The number of halogens is 1. The van der Waals surface area contributed by atoms with Crippen molar-refractivity contribution >= 4 is 29.6 Å². The summed E-state index contributed by atoms with van der Waals surface area (Å²) >= 11 is 5.90. The maximum absolute atomic E-state index is 11.5. The van der Waals surface area contributed by atoms with Crippen molar-refractivity contribution in [1.82, 2.24) is 10.3 Å². The average Bonchev–Trinajstić information content (AvgIpc) is 3.18. The zero-order valence-electron chi connectivity index (χ0n) is 17.7. The van der Waals surface area contributed by atoms with Gasteiger partial charge in [-0.3, -0.25) is 0 Å². The first kappa shape index (κ1) is 22.4. The highest BCUT2D eigenvalue weighted by molar-refractivity contribution is 6.30. The van der Waals surface area contributed by atoms with Crippen molar-refractivity contribution in [3.63, 3.8) is 0 Å². The van der Waals surface area contributed by atoms with Crippen LogP contribution in [-0.4, -0.2) is 33.8 Å². The summed E-state index contributed by atoms with van der Waals surface area (Å²) in [5.41, 5.74) is 0.657. The molecule has 0 aliphatic carbocycles. The number of hydrogen-bond acceptors (Lipinski definition) is 8. The van der Waals surface area contributed by atoms with E-state index in [4.69, 9.17) is 26.9 Å². The van der Waals surface area contributed by atoms with Gasteiger partial charge in [0.05, 0.1) is 5.69 Å². The molecule has 10 heteroatoms. The number of ether oxygens (including phenoxy) is 2. The van der Waals surface area contributed by atoms with Crippen molar-refractivity contribution in [3.8, 4) is 23.0 Å². The summed E-state index contributed by atoms with van der Waals surface area (Å²) < 4.78 is 11.7. The Morgan fingerprint density at radius 1 is 1.00 bits per heavy atom. The molecule has 3 aromatic rings. The molecule has 0 spiro atoms. The van der Waals surface area contributed by atoms with E-state index in [9.17, 15) is 9.90 Å². The van der Waals surface area contributed by atoms with Crippen LogP contribution < -0.4 is 20.3 Å². The first-order valence-corrected chi connectivity index (χ1v) is 10.5. The molecule has 170 valence electrons. The van der Waals surface area contributed by atoms with Gasteiger partial charge in [0.15, 0.2) is 6.04 Å². The molecule has 9 nitrogen and oxygen atoms in total. The number of aliphatic carboxylic acids is 1. The number of nitrogens with two attached hydrogens (primary N) is 1. The fourth-order valence-corrected chi connectivity index (χ4v) is 3.32. The topological polar surface area (TPSA) is 104 Å². The van der Waals surface area contributed by atoms with Gasteiger partial charge in [-0.25, -0.2) is 15.6 Å². The van der Waals surface area contributed by atoms with Gasteiger partial charge in [0, 0.05) is 11.1 Å². The van der Waals surface area contributed by atoms with Gasteiger partial charge >= 0.3 is 5.97 Å². The highest BCUT2D eigenvalue weighted by Crippen LogP contribution is 2.30. The lowest BCUT2D eigenvalue weighted by Gasteiger charge is -2.31. The van der Waals surface area contributed by atoms with Gasteiger partial charge in [0.2, 0.25) is 0 Å². The van der Waals surface area contributed by atoms with E-state index in [1.54, 1.807) is 67.6 Å². The van der Waals surface area contributed by atoms with Crippen molar-refractivity contribution in [1.29, 1.82) is 0 Å². The van der Waals surface area contributed by atoms with Gasteiger partial charge in [-0.2, -0.15) is 5.12 Å². The molecule has 1 aliphatic rings. The molecule has 4 rings (SSSR count). The van der Waals surface area contributed by atoms with Crippen LogP contribution in [0.5, 0.6) is 23.0 Å². The zero-order valence-corrected chi connectivity index (χ0v) is 18.5. The van der Waals surface area contributed by atoms with Crippen LogP contribution in [-0.2, 0) is 4.79 Å². The van der Waals surface area contributed by atoms with E-state index < -0.39 is 12.0 Å².